The second kappa shape index (κ2) is 4.90. The van der Waals surface area contributed by atoms with E-state index in [4.69, 9.17) is 0 Å². The number of hydrogen-bond donors (Lipinski definition) is 1. The molecule has 0 fully saturated rings. The fourth-order valence-corrected chi connectivity index (χ4v) is 1.53. The maximum absolute atomic E-state index is 9.54. The zero-order valence-electron chi connectivity index (χ0n) is 8.34. The number of benzene rings is 2. The van der Waals surface area contributed by atoms with Gasteiger partial charge in [-0.15, -0.1) is 5.11 Å². The van der Waals surface area contributed by atoms with E-state index in [1.807, 2.05) is 30.3 Å². The lowest BCUT2D eigenvalue weighted by Gasteiger charge is -1.97. The van der Waals surface area contributed by atoms with Crippen molar-refractivity contribution in [1.82, 2.24) is 0 Å². The van der Waals surface area contributed by atoms with Gasteiger partial charge in [0.15, 0.2) is 0 Å². The number of azo groups is 1. The van der Waals surface area contributed by atoms with Crippen LogP contribution in [0.5, 0.6) is 5.75 Å². The largest absolute Gasteiger partial charge is 0.506 e. The van der Waals surface area contributed by atoms with E-state index in [1.165, 1.54) is 0 Å². The first-order valence-electron chi connectivity index (χ1n) is 4.71. The molecule has 16 heavy (non-hydrogen) atoms. The first kappa shape index (κ1) is 10.8. The maximum atomic E-state index is 9.54. The van der Waals surface area contributed by atoms with Crippen LogP contribution in [0.15, 0.2) is 63.2 Å². The molecule has 2 aromatic carbocycles. The van der Waals surface area contributed by atoms with Gasteiger partial charge >= 0.3 is 0 Å². The highest BCUT2D eigenvalue weighted by molar-refractivity contribution is 9.10. The molecule has 0 bridgehead atoms. The topological polar surface area (TPSA) is 45.0 Å². The Kier molecular flexibility index (Phi) is 3.31. The number of phenols is 1. The Labute approximate surface area is 102 Å². The average Bonchev–Trinajstić information content (AvgIpc) is 2.32. The van der Waals surface area contributed by atoms with E-state index in [0.29, 0.717) is 5.69 Å². The summed E-state index contributed by atoms with van der Waals surface area (Å²) in [5.74, 6) is 0.114. The van der Waals surface area contributed by atoms with Gasteiger partial charge in [0, 0.05) is 4.47 Å². The van der Waals surface area contributed by atoms with Crippen molar-refractivity contribution in [2.24, 2.45) is 10.2 Å². The number of aromatic hydroxyl groups is 1. The van der Waals surface area contributed by atoms with Crippen LogP contribution in [-0.4, -0.2) is 5.11 Å². The number of phenolic OH excluding ortho intramolecular Hbond substituents is 1. The van der Waals surface area contributed by atoms with Crippen molar-refractivity contribution in [2.45, 2.75) is 0 Å². The molecular weight excluding hydrogens is 268 g/mol. The van der Waals surface area contributed by atoms with E-state index >= 15 is 0 Å². The monoisotopic (exact) mass is 276 g/mol. The lowest BCUT2D eigenvalue weighted by Crippen LogP contribution is -1.68. The molecule has 0 spiro atoms. The van der Waals surface area contributed by atoms with E-state index < -0.39 is 0 Å². The predicted octanol–water partition coefficient (Wildman–Crippen LogP) is 4.57. The molecule has 0 unspecified atom stereocenters. The van der Waals surface area contributed by atoms with Gasteiger partial charge in [-0.3, -0.25) is 0 Å². The normalized spacial score (nSPS) is 10.8. The van der Waals surface area contributed by atoms with E-state index in [-0.39, 0.29) is 5.75 Å². The van der Waals surface area contributed by atoms with Gasteiger partial charge in [-0.05, 0) is 30.3 Å². The van der Waals surface area contributed by atoms with Crippen LogP contribution in [0.2, 0.25) is 0 Å². The van der Waals surface area contributed by atoms with Gasteiger partial charge in [0.25, 0.3) is 0 Å². The summed E-state index contributed by atoms with van der Waals surface area (Å²) in [4.78, 5) is 0. The minimum absolute atomic E-state index is 0.114. The predicted molar refractivity (Wildman–Crippen MR) is 66.4 cm³/mol. The summed E-state index contributed by atoms with van der Waals surface area (Å²) in [6, 6.07) is 14.4. The summed E-state index contributed by atoms with van der Waals surface area (Å²) in [6.45, 7) is 0. The van der Waals surface area contributed by atoms with Gasteiger partial charge in [-0.2, -0.15) is 5.11 Å². The fourth-order valence-electron chi connectivity index (χ4n) is 1.18. The smallest absolute Gasteiger partial charge is 0.143 e. The molecule has 0 heterocycles. The molecule has 0 saturated carbocycles. The number of nitrogens with zero attached hydrogens (tertiary/aromatic N) is 2. The number of hydrogen-bond acceptors (Lipinski definition) is 3. The summed E-state index contributed by atoms with van der Waals surface area (Å²) in [7, 11) is 0. The van der Waals surface area contributed by atoms with Gasteiger partial charge in [-0.25, -0.2) is 0 Å². The summed E-state index contributed by atoms with van der Waals surface area (Å²) in [5.41, 5.74) is 1.19. The molecule has 0 aliphatic rings. The van der Waals surface area contributed by atoms with Crippen LogP contribution in [0.4, 0.5) is 11.4 Å². The zero-order chi connectivity index (χ0) is 11.4. The molecule has 0 amide bonds. The van der Waals surface area contributed by atoms with Gasteiger partial charge in [-0.1, -0.05) is 34.1 Å². The molecule has 3 nitrogen and oxygen atoms in total. The lowest BCUT2D eigenvalue weighted by molar-refractivity contribution is 0.476. The van der Waals surface area contributed by atoms with Crippen LogP contribution in [0.3, 0.4) is 0 Å². The van der Waals surface area contributed by atoms with Crippen LogP contribution >= 0.6 is 15.9 Å². The van der Waals surface area contributed by atoms with Crippen molar-refractivity contribution in [3.05, 3.63) is 53.0 Å². The van der Waals surface area contributed by atoms with Crippen molar-refractivity contribution >= 4 is 27.3 Å². The molecule has 2 aromatic rings. The van der Waals surface area contributed by atoms with Gasteiger partial charge < -0.3 is 5.11 Å². The molecule has 0 aromatic heterocycles. The minimum atomic E-state index is 0.114. The van der Waals surface area contributed by atoms with Gasteiger partial charge in [0.05, 0.1) is 5.69 Å². The molecule has 0 aliphatic heterocycles. The second-order valence-corrected chi connectivity index (χ2v) is 4.08. The standard InChI is InChI=1S/C12H9BrN2O/c13-9-6-7-12(16)11(8-9)15-14-10-4-2-1-3-5-10/h1-8,16H. The summed E-state index contributed by atoms with van der Waals surface area (Å²) in [6.07, 6.45) is 0. The van der Waals surface area contributed by atoms with Crippen molar-refractivity contribution in [3.63, 3.8) is 0 Å². The zero-order valence-corrected chi connectivity index (χ0v) is 9.92. The fraction of sp³-hybridized carbons (Fsp3) is 0. The third-order valence-electron chi connectivity index (χ3n) is 1.97. The lowest BCUT2D eigenvalue weighted by atomic mass is 10.3. The molecule has 4 heteroatoms. The van der Waals surface area contributed by atoms with E-state index in [0.717, 1.165) is 10.2 Å². The van der Waals surface area contributed by atoms with Crippen molar-refractivity contribution in [1.29, 1.82) is 0 Å². The Balaban J connectivity index is 2.27. The van der Waals surface area contributed by atoms with Crippen LogP contribution in [0, 0.1) is 0 Å². The molecule has 80 valence electrons. The summed E-state index contributed by atoms with van der Waals surface area (Å²) in [5, 5.41) is 17.5. The molecular formula is C12H9BrN2O. The van der Waals surface area contributed by atoms with Crippen molar-refractivity contribution < 1.29 is 5.11 Å². The van der Waals surface area contributed by atoms with Crippen LogP contribution < -0.4 is 0 Å². The van der Waals surface area contributed by atoms with Crippen LogP contribution in [0.1, 0.15) is 0 Å². The quantitative estimate of drug-likeness (QED) is 0.803. The highest BCUT2D eigenvalue weighted by atomic mass is 79.9. The highest BCUT2D eigenvalue weighted by Crippen LogP contribution is 2.30. The SMILES string of the molecule is Oc1ccc(Br)cc1N=Nc1ccccc1. The van der Waals surface area contributed by atoms with Crippen molar-refractivity contribution in [3.8, 4) is 5.75 Å². The van der Waals surface area contributed by atoms with Gasteiger partial charge in [0.1, 0.15) is 11.4 Å². The number of halogens is 1. The molecule has 2 rings (SSSR count). The molecule has 0 radical (unpaired) electrons. The number of rotatable bonds is 2. The summed E-state index contributed by atoms with van der Waals surface area (Å²) >= 11 is 3.31. The Morgan fingerprint density at radius 1 is 0.938 bits per heavy atom. The first-order valence-corrected chi connectivity index (χ1v) is 5.50. The third kappa shape index (κ3) is 2.67. The van der Waals surface area contributed by atoms with Crippen LogP contribution in [0.25, 0.3) is 0 Å². The molecule has 0 saturated heterocycles. The van der Waals surface area contributed by atoms with Gasteiger partial charge in [0.2, 0.25) is 0 Å². The average molecular weight is 277 g/mol. The molecule has 1 N–H and O–H groups in total. The Bertz CT molecular complexity index is 512. The van der Waals surface area contributed by atoms with E-state index in [1.54, 1.807) is 18.2 Å². The Hall–Kier alpha value is -1.68. The van der Waals surface area contributed by atoms with E-state index in [2.05, 4.69) is 26.2 Å². The Morgan fingerprint density at radius 3 is 2.44 bits per heavy atom. The Morgan fingerprint density at radius 2 is 1.69 bits per heavy atom. The first-order chi connectivity index (χ1) is 7.75. The minimum Gasteiger partial charge on any atom is -0.506 e. The second-order valence-electron chi connectivity index (χ2n) is 3.17. The molecule has 0 aliphatic carbocycles. The third-order valence-corrected chi connectivity index (χ3v) is 2.46. The molecule has 0 atom stereocenters. The van der Waals surface area contributed by atoms with Crippen molar-refractivity contribution in [2.75, 3.05) is 0 Å². The highest BCUT2D eigenvalue weighted by Gasteiger charge is 1.99. The summed E-state index contributed by atoms with van der Waals surface area (Å²) < 4.78 is 0.854. The van der Waals surface area contributed by atoms with E-state index in [9.17, 15) is 5.11 Å². The maximum Gasteiger partial charge on any atom is 0.143 e. The van der Waals surface area contributed by atoms with Crippen LogP contribution in [-0.2, 0) is 0 Å².